The summed E-state index contributed by atoms with van der Waals surface area (Å²) in [5, 5.41) is 4.77. The summed E-state index contributed by atoms with van der Waals surface area (Å²) in [6.45, 7) is 6.32. The van der Waals surface area contributed by atoms with Crippen molar-refractivity contribution in [3.8, 4) is 11.4 Å². The van der Waals surface area contributed by atoms with E-state index in [9.17, 15) is 4.79 Å². The first-order valence-corrected chi connectivity index (χ1v) is 9.27. The van der Waals surface area contributed by atoms with Crippen LogP contribution in [0.5, 0.6) is 0 Å². The molecule has 1 aliphatic heterocycles. The summed E-state index contributed by atoms with van der Waals surface area (Å²) in [7, 11) is 0. The van der Waals surface area contributed by atoms with E-state index in [4.69, 9.17) is 4.52 Å². The van der Waals surface area contributed by atoms with Crippen LogP contribution in [0.15, 0.2) is 34.9 Å². The van der Waals surface area contributed by atoms with Crippen LogP contribution in [-0.2, 0) is 0 Å². The highest BCUT2D eigenvalue weighted by Gasteiger charge is 2.27. The van der Waals surface area contributed by atoms with Crippen molar-refractivity contribution < 1.29 is 9.32 Å². The molecule has 1 amide bonds. The van der Waals surface area contributed by atoms with E-state index in [-0.39, 0.29) is 5.91 Å². The molecule has 2 aromatic heterocycles. The van der Waals surface area contributed by atoms with Gasteiger partial charge < -0.3 is 14.3 Å². The van der Waals surface area contributed by atoms with Crippen molar-refractivity contribution in [2.75, 3.05) is 31.1 Å². The van der Waals surface area contributed by atoms with Gasteiger partial charge >= 0.3 is 0 Å². The average Bonchev–Trinajstić information content (AvgIpc) is 3.29. The lowest BCUT2D eigenvalue weighted by Gasteiger charge is -2.34. The van der Waals surface area contributed by atoms with Gasteiger partial charge in [-0.2, -0.15) is 9.36 Å². The lowest BCUT2D eigenvalue weighted by atomic mass is 10.1. The third-order valence-electron chi connectivity index (χ3n) is 4.53. The molecule has 0 saturated carbocycles. The largest absolute Gasteiger partial charge is 0.361 e. The maximum Gasteiger partial charge on any atom is 0.259 e. The zero-order valence-corrected chi connectivity index (χ0v) is 15.5. The number of piperazine rings is 1. The number of carbonyl (C=O) groups is 1. The second kappa shape index (κ2) is 6.87. The standard InChI is InChI=1S/C18H19N5O2S/c1-12-15(13(2)25-20-12)17(24)22-8-10-23(11-9-22)18-19-16(21-26-18)14-6-4-3-5-7-14/h3-7H,8-11H2,1-2H3. The summed E-state index contributed by atoms with van der Waals surface area (Å²) in [5.41, 5.74) is 2.24. The number of aryl methyl sites for hydroxylation is 2. The molecular formula is C18H19N5O2S. The molecule has 1 saturated heterocycles. The molecular weight excluding hydrogens is 350 g/mol. The maximum absolute atomic E-state index is 12.7. The molecule has 0 unspecified atom stereocenters. The van der Waals surface area contributed by atoms with Crippen molar-refractivity contribution in [1.82, 2.24) is 19.4 Å². The maximum atomic E-state index is 12.7. The Balaban J connectivity index is 1.43. The first kappa shape index (κ1) is 16.7. The Morgan fingerprint density at radius 2 is 1.85 bits per heavy atom. The van der Waals surface area contributed by atoms with Crippen LogP contribution < -0.4 is 4.90 Å². The normalized spacial score (nSPS) is 14.7. The Hall–Kier alpha value is -2.74. The fourth-order valence-corrected chi connectivity index (χ4v) is 3.84. The average molecular weight is 369 g/mol. The van der Waals surface area contributed by atoms with Crippen molar-refractivity contribution >= 4 is 22.6 Å². The van der Waals surface area contributed by atoms with Gasteiger partial charge in [-0.3, -0.25) is 4.79 Å². The number of carbonyl (C=O) groups excluding carboxylic acids is 1. The van der Waals surface area contributed by atoms with Crippen LogP contribution in [0.3, 0.4) is 0 Å². The Bertz CT molecular complexity index is 893. The molecule has 0 bridgehead atoms. The molecule has 0 aliphatic carbocycles. The molecule has 0 radical (unpaired) electrons. The van der Waals surface area contributed by atoms with Crippen molar-refractivity contribution in [3.63, 3.8) is 0 Å². The van der Waals surface area contributed by atoms with Crippen LogP contribution in [0.25, 0.3) is 11.4 Å². The molecule has 3 heterocycles. The van der Waals surface area contributed by atoms with Crippen LogP contribution >= 0.6 is 11.5 Å². The number of anilines is 1. The van der Waals surface area contributed by atoms with E-state index in [1.165, 1.54) is 11.5 Å². The second-order valence-electron chi connectivity index (χ2n) is 6.25. The van der Waals surface area contributed by atoms with E-state index in [2.05, 4.69) is 19.4 Å². The molecule has 3 aromatic rings. The van der Waals surface area contributed by atoms with Crippen LogP contribution in [0, 0.1) is 13.8 Å². The number of benzene rings is 1. The van der Waals surface area contributed by atoms with Crippen molar-refractivity contribution in [2.45, 2.75) is 13.8 Å². The minimum Gasteiger partial charge on any atom is -0.361 e. The highest BCUT2D eigenvalue weighted by molar-refractivity contribution is 7.09. The molecule has 0 spiro atoms. The molecule has 7 nitrogen and oxygen atoms in total. The van der Waals surface area contributed by atoms with Crippen LogP contribution in [0.2, 0.25) is 0 Å². The van der Waals surface area contributed by atoms with Crippen LogP contribution in [-0.4, -0.2) is 51.5 Å². The van der Waals surface area contributed by atoms with Gasteiger partial charge in [0.15, 0.2) is 5.82 Å². The van der Waals surface area contributed by atoms with Crippen LogP contribution in [0.1, 0.15) is 21.8 Å². The summed E-state index contributed by atoms with van der Waals surface area (Å²) < 4.78 is 9.59. The number of hydrogen-bond donors (Lipinski definition) is 0. The van der Waals surface area contributed by atoms with Gasteiger partial charge in [-0.15, -0.1) is 0 Å². The number of aromatic nitrogens is 3. The first-order chi connectivity index (χ1) is 12.6. The van der Waals surface area contributed by atoms with Crippen LogP contribution in [0.4, 0.5) is 5.13 Å². The van der Waals surface area contributed by atoms with Gasteiger partial charge in [0, 0.05) is 43.3 Å². The molecule has 8 heteroatoms. The third kappa shape index (κ3) is 3.08. The molecule has 1 aromatic carbocycles. The molecule has 0 atom stereocenters. The Morgan fingerprint density at radius 3 is 2.50 bits per heavy atom. The highest BCUT2D eigenvalue weighted by Crippen LogP contribution is 2.25. The minimum absolute atomic E-state index is 0.0110. The predicted octanol–water partition coefficient (Wildman–Crippen LogP) is 2.77. The lowest BCUT2D eigenvalue weighted by Crippen LogP contribution is -2.49. The van der Waals surface area contributed by atoms with Crippen molar-refractivity contribution in [2.24, 2.45) is 0 Å². The number of hydrogen-bond acceptors (Lipinski definition) is 7. The van der Waals surface area contributed by atoms with Gasteiger partial charge in [0.2, 0.25) is 5.13 Å². The van der Waals surface area contributed by atoms with E-state index < -0.39 is 0 Å². The third-order valence-corrected chi connectivity index (χ3v) is 5.31. The summed E-state index contributed by atoms with van der Waals surface area (Å²) in [4.78, 5) is 21.4. The quantitative estimate of drug-likeness (QED) is 0.707. The van der Waals surface area contributed by atoms with Gasteiger partial charge in [-0.1, -0.05) is 35.5 Å². The summed E-state index contributed by atoms with van der Waals surface area (Å²) in [6, 6.07) is 9.95. The molecule has 26 heavy (non-hydrogen) atoms. The summed E-state index contributed by atoms with van der Waals surface area (Å²) in [6.07, 6.45) is 0. The molecule has 1 aliphatic rings. The molecule has 4 rings (SSSR count). The molecule has 134 valence electrons. The van der Waals surface area contributed by atoms with Crippen molar-refractivity contribution in [1.29, 1.82) is 0 Å². The van der Waals surface area contributed by atoms with E-state index >= 15 is 0 Å². The number of amides is 1. The van der Waals surface area contributed by atoms with Gasteiger partial charge in [0.05, 0.1) is 5.69 Å². The summed E-state index contributed by atoms with van der Waals surface area (Å²) in [5.74, 6) is 1.31. The van der Waals surface area contributed by atoms with Gasteiger partial charge in [0.1, 0.15) is 11.3 Å². The van der Waals surface area contributed by atoms with Gasteiger partial charge in [0.25, 0.3) is 5.91 Å². The smallest absolute Gasteiger partial charge is 0.259 e. The lowest BCUT2D eigenvalue weighted by molar-refractivity contribution is 0.0744. The molecule has 1 fully saturated rings. The van der Waals surface area contributed by atoms with E-state index in [1.807, 2.05) is 35.2 Å². The van der Waals surface area contributed by atoms with Gasteiger partial charge in [-0.05, 0) is 13.8 Å². The summed E-state index contributed by atoms with van der Waals surface area (Å²) >= 11 is 1.40. The van der Waals surface area contributed by atoms with E-state index in [0.29, 0.717) is 30.1 Å². The number of rotatable bonds is 3. The fourth-order valence-electron chi connectivity index (χ4n) is 3.10. The van der Waals surface area contributed by atoms with Gasteiger partial charge in [-0.25, -0.2) is 0 Å². The Labute approximate surface area is 155 Å². The van der Waals surface area contributed by atoms with E-state index in [0.717, 1.165) is 29.6 Å². The van der Waals surface area contributed by atoms with E-state index in [1.54, 1.807) is 13.8 Å². The SMILES string of the molecule is Cc1noc(C)c1C(=O)N1CCN(c2nc(-c3ccccc3)ns2)CC1. The Kier molecular flexibility index (Phi) is 4.42. The predicted molar refractivity (Wildman–Crippen MR) is 99.4 cm³/mol. The topological polar surface area (TPSA) is 75.4 Å². The van der Waals surface area contributed by atoms with Crippen molar-refractivity contribution in [3.05, 3.63) is 47.3 Å². The number of nitrogens with zero attached hydrogens (tertiary/aromatic N) is 5. The first-order valence-electron chi connectivity index (χ1n) is 8.49. The second-order valence-corrected chi connectivity index (χ2v) is 6.98. The highest BCUT2D eigenvalue weighted by atomic mass is 32.1. The molecule has 0 N–H and O–H groups in total. The minimum atomic E-state index is -0.0110. The monoisotopic (exact) mass is 369 g/mol. The fraction of sp³-hybridized carbons (Fsp3) is 0.333. The Morgan fingerprint density at radius 1 is 1.12 bits per heavy atom. The zero-order valence-electron chi connectivity index (χ0n) is 14.7. The zero-order chi connectivity index (χ0) is 18.1.